The number of primary amides is 1. The highest BCUT2D eigenvalue weighted by Gasteiger charge is 2.29. The van der Waals surface area contributed by atoms with Crippen molar-refractivity contribution in [2.24, 2.45) is 5.73 Å². The van der Waals surface area contributed by atoms with Gasteiger partial charge < -0.3 is 10.8 Å². The summed E-state index contributed by atoms with van der Waals surface area (Å²) in [6.45, 7) is 1.84. The molecule has 1 aromatic heterocycles. The first-order valence-electron chi connectivity index (χ1n) is 6.78. The second-order valence-electron chi connectivity index (χ2n) is 5.16. The Bertz CT molecular complexity index is 1020. The summed E-state index contributed by atoms with van der Waals surface area (Å²) in [5.74, 6) is -1.46. The van der Waals surface area contributed by atoms with Crippen molar-refractivity contribution in [3.8, 4) is 5.75 Å². The molecular formula is C16H14N2O4S. The van der Waals surface area contributed by atoms with Crippen LogP contribution in [0.1, 0.15) is 16.1 Å². The average molecular weight is 330 g/mol. The van der Waals surface area contributed by atoms with Gasteiger partial charge in [-0.25, -0.2) is 12.4 Å². The second kappa shape index (κ2) is 5.13. The van der Waals surface area contributed by atoms with Crippen LogP contribution in [0.4, 0.5) is 0 Å². The Labute approximate surface area is 132 Å². The summed E-state index contributed by atoms with van der Waals surface area (Å²) in [7, 11) is -4.08. The van der Waals surface area contributed by atoms with E-state index in [0.717, 1.165) is 9.54 Å². The largest absolute Gasteiger partial charge is 0.505 e. The van der Waals surface area contributed by atoms with E-state index in [2.05, 4.69) is 0 Å². The number of fused-ring (bicyclic) bond motifs is 1. The molecule has 7 heteroatoms. The molecule has 0 saturated heterocycles. The zero-order chi connectivity index (χ0) is 16.8. The third-order valence-electron chi connectivity index (χ3n) is 3.60. The van der Waals surface area contributed by atoms with Crippen molar-refractivity contribution in [3.05, 3.63) is 59.8 Å². The van der Waals surface area contributed by atoms with Crippen LogP contribution in [0.5, 0.6) is 5.75 Å². The lowest BCUT2D eigenvalue weighted by Gasteiger charge is -2.10. The molecule has 3 aromatic rings. The zero-order valence-electron chi connectivity index (χ0n) is 12.2. The number of aromatic nitrogens is 1. The van der Waals surface area contributed by atoms with Gasteiger partial charge in [0.1, 0.15) is 0 Å². The summed E-state index contributed by atoms with van der Waals surface area (Å²) in [5, 5.41) is 10.5. The fourth-order valence-corrected chi connectivity index (χ4v) is 4.00. The number of aryl methyl sites for hydroxylation is 1. The first-order chi connectivity index (χ1) is 10.8. The van der Waals surface area contributed by atoms with E-state index in [1.165, 1.54) is 24.3 Å². The molecule has 0 saturated carbocycles. The zero-order valence-corrected chi connectivity index (χ0v) is 13.0. The third kappa shape index (κ3) is 2.25. The Balaban J connectivity index is 2.41. The van der Waals surface area contributed by atoms with Gasteiger partial charge in [-0.15, -0.1) is 0 Å². The minimum absolute atomic E-state index is 0.00588. The quantitative estimate of drug-likeness (QED) is 0.766. The number of carbonyl (C=O) groups excluding carboxylic acids is 1. The molecule has 0 aliphatic carbocycles. The molecule has 3 rings (SSSR count). The highest BCUT2D eigenvalue weighted by atomic mass is 32.2. The summed E-state index contributed by atoms with van der Waals surface area (Å²) in [6, 6.07) is 12.5. The van der Waals surface area contributed by atoms with Crippen LogP contribution in [0, 0.1) is 6.92 Å². The Morgan fingerprint density at radius 2 is 1.70 bits per heavy atom. The lowest BCUT2D eigenvalue weighted by Crippen LogP contribution is -2.22. The van der Waals surface area contributed by atoms with Gasteiger partial charge in [-0.05, 0) is 31.2 Å². The molecule has 0 aliphatic heterocycles. The van der Waals surface area contributed by atoms with Crippen molar-refractivity contribution in [2.75, 3.05) is 0 Å². The maximum atomic E-state index is 12.9. The van der Waals surface area contributed by atoms with Crippen molar-refractivity contribution < 1.29 is 18.3 Å². The average Bonchev–Trinajstić information content (AvgIpc) is 2.82. The van der Waals surface area contributed by atoms with Crippen LogP contribution >= 0.6 is 0 Å². The molecule has 1 heterocycles. The summed E-state index contributed by atoms with van der Waals surface area (Å²) in [4.78, 5) is 11.7. The maximum absolute atomic E-state index is 12.9. The van der Waals surface area contributed by atoms with Gasteiger partial charge in [0.15, 0.2) is 11.4 Å². The molecule has 0 aliphatic rings. The normalized spacial score (nSPS) is 11.7. The number of hydrogen-bond donors (Lipinski definition) is 2. The standard InChI is InChI=1S/C16H14N2O4S/c1-10-6-8-11(9-7-10)23(21,22)18-13-5-3-2-4-12(13)15(19)14(18)16(17)20/h2-9,19H,1H3,(H2,17,20). The van der Waals surface area contributed by atoms with E-state index in [0.29, 0.717) is 0 Å². The molecule has 2 aromatic carbocycles. The minimum atomic E-state index is -4.08. The van der Waals surface area contributed by atoms with Crippen LogP contribution in [0.3, 0.4) is 0 Å². The van der Waals surface area contributed by atoms with Crippen molar-refractivity contribution in [1.82, 2.24) is 3.97 Å². The molecule has 0 spiro atoms. The lowest BCUT2D eigenvalue weighted by atomic mass is 10.2. The van der Waals surface area contributed by atoms with E-state index in [9.17, 15) is 18.3 Å². The molecule has 0 fully saturated rings. The number of nitrogens with zero attached hydrogens (tertiary/aromatic N) is 1. The minimum Gasteiger partial charge on any atom is -0.505 e. The number of amides is 1. The fourth-order valence-electron chi connectivity index (χ4n) is 2.48. The van der Waals surface area contributed by atoms with Gasteiger partial charge in [0.2, 0.25) is 0 Å². The van der Waals surface area contributed by atoms with Crippen molar-refractivity contribution >= 4 is 26.8 Å². The Morgan fingerprint density at radius 1 is 1.09 bits per heavy atom. The number of hydrogen-bond acceptors (Lipinski definition) is 4. The molecule has 0 radical (unpaired) electrons. The summed E-state index contributed by atoms with van der Waals surface area (Å²) < 4.78 is 26.7. The van der Waals surface area contributed by atoms with Crippen LogP contribution in [-0.2, 0) is 10.0 Å². The summed E-state index contributed by atoms with van der Waals surface area (Å²) in [6.07, 6.45) is 0. The van der Waals surface area contributed by atoms with Gasteiger partial charge in [0, 0.05) is 5.39 Å². The van der Waals surface area contributed by atoms with Crippen LogP contribution in [0.25, 0.3) is 10.9 Å². The molecule has 118 valence electrons. The highest BCUT2D eigenvalue weighted by Crippen LogP contribution is 2.34. The Hall–Kier alpha value is -2.80. The summed E-state index contributed by atoms with van der Waals surface area (Å²) >= 11 is 0. The molecule has 1 amide bonds. The predicted octanol–water partition coefficient (Wildman–Crippen LogP) is 1.99. The number of benzene rings is 2. The number of para-hydroxylation sites is 1. The molecule has 0 bridgehead atoms. The van der Waals surface area contributed by atoms with E-state index in [-0.39, 0.29) is 15.8 Å². The Kier molecular flexibility index (Phi) is 3.37. The maximum Gasteiger partial charge on any atom is 0.270 e. The van der Waals surface area contributed by atoms with E-state index in [1.807, 2.05) is 6.92 Å². The van der Waals surface area contributed by atoms with Crippen molar-refractivity contribution in [1.29, 1.82) is 0 Å². The van der Waals surface area contributed by atoms with Gasteiger partial charge in [-0.1, -0.05) is 29.8 Å². The first-order valence-corrected chi connectivity index (χ1v) is 8.22. The molecule has 6 nitrogen and oxygen atoms in total. The van der Waals surface area contributed by atoms with Crippen LogP contribution in [0.15, 0.2) is 53.4 Å². The van der Waals surface area contributed by atoms with Crippen LogP contribution < -0.4 is 5.73 Å². The molecule has 0 atom stereocenters. The number of rotatable bonds is 3. The van der Waals surface area contributed by atoms with Gasteiger partial charge in [-0.3, -0.25) is 4.79 Å². The van der Waals surface area contributed by atoms with Gasteiger partial charge in [-0.2, -0.15) is 0 Å². The van der Waals surface area contributed by atoms with Gasteiger partial charge in [0.05, 0.1) is 10.4 Å². The molecular weight excluding hydrogens is 316 g/mol. The van der Waals surface area contributed by atoms with Gasteiger partial charge >= 0.3 is 0 Å². The van der Waals surface area contributed by atoms with E-state index < -0.39 is 27.4 Å². The molecule has 3 N–H and O–H groups in total. The Morgan fingerprint density at radius 3 is 2.30 bits per heavy atom. The fraction of sp³-hybridized carbons (Fsp3) is 0.0625. The monoisotopic (exact) mass is 330 g/mol. The van der Waals surface area contributed by atoms with E-state index in [4.69, 9.17) is 5.73 Å². The summed E-state index contributed by atoms with van der Waals surface area (Å²) in [5.41, 5.74) is 5.94. The number of carbonyl (C=O) groups is 1. The topological polar surface area (TPSA) is 102 Å². The van der Waals surface area contributed by atoms with Crippen molar-refractivity contribution in [3.63, 3.8) is 0 Å². The molecule has 23 heavy (non-hydrogen) atoms. The van der Waals surface area contributed by atoms with Crippen LogP contribution in [-0.4, -0.2) is 23.4 Å². The number of aromatic hydroxyl groups is 1. The first kappa shape index (κ1) is 15.1. The van der Waals surface area contributed by atoms with Gasteiger partial charge in [0.25, 0.3) is 15.9 Å². The third-order valence-corrected chi connectivity index (χ3v) is 5.33. The molecule has 0 unspecified atom stereocenters. The van der Waals surface area contributed by atoms with Crippen molar-refractivity contribution in [2.45, 2.75) is 11.8 Å². The lowest BCUT2D eigenvalue weighted by molar-refractivity contribution is 0.0992. The van der Waals surface area contributed by atoms with E-state index >= 15 is 0 Å². The van der Waals surface area contributed by atoms with Crippen LogP contribution in [0.2, 0.25) is 0 Å². The smallest absolute Gasteiger partial charge is 0.270 e. The SMILES string of the molecule is Cc1ccc(S(=O)(=O)n2c(C(N)=O)c(O)c3ccccc32)cc1. The van der Waals surface area contributed by atoms with E-state index in [1.54, 1.807) is 24.3 Å². The predicted molar refractivity (Wildman–Crippen MR) is 85.9 cm³/mol. The number of nitrogens with two attached hydrogens (primary N) is 1. The highest BCUT2D eigenvalue weighted by molar-refractivity contribution is 7.90. The second-order valence-corrected chi connectivity index (χ2v) is 6.95.